The second kappa shape index (κ2) is 5.78. The first-order chi connectivity index (χ1) is 6.43. The van der Waals surface area contributed by atoms with E-state index in [4.69, 9.17) is 0 Å². The summed E-state index contributed by atoms with van der Waals surface area (Å²) in [4.78, 5) is 0. The van der Waals surface area contributed by atoms with Crippen LogP contribution in [-0.2, 0) is 0 Å². The van der Waals surface area contributed by atoms with Crippen molar-refractivity contribution in [2.24, 2.45) is 10.8 Å². The van der Waals surface area contributed by atoms with E-state index in [0.29, 0.717) is 10.8 Å². The fourth-order valence-electron chi connectivity index (χ4n) is 2.49. The van der Waals surface area contributed by atoms with Gasteiger partial charge in [-0.05, 0) is 23.7 Å². The smallest absolute Gasteiger partial charge is 0.0277 e. The summed E-state index contributed by atoms with van der Waals surface area (Å²) in [7, 11) is 0. The second-order valence-corrected chi connectivity index (χ2v) is 5.65. The van der Waals surface area contributed by atoms with E-state index < -0.39 is 0 Å². The molecule has 0 saturated heterocycles. The summed E-state index contributed by atoms with van der Waals surface area (Å²) in [5.74, 6) is 0. The van der Waals surface area contributed by atoms with E-state index in [9.17, 15) is 0 Å². The van der Waals surface area contributed by atoms with Crippen LogP contribution in [0.4, 0.5) is 0 Å². The minimum Gasteiger partial charge on any atom is -0.0654 e. The largest absolute Gasteiger partial charge is 0.0654 e. The molecule has 0 heterocycles. The molecule has 0 aliphatic carbocycles. The lowest BCUT2D eigenvalue weighted by Crippen LogP contribution is -2.34. The molecule has 0 heteroatoms. The molecule has 0 aromatic heterocycles. The average molecular weight is 198 g/mol. The standard InChI is InChI=1S/C14H30/c1-7-10-12-14(6,9-3)13(4,5)11-8-2/h7-12H2,1-6H3. The fraction of sp³-hybridized carbons (Fsp3) is 1.00. The molecule has 0 aromatic carbocycles. The number of hydrogen-bond donors (Lipinski definition) is 0. The molecule has 0 N–H and O–H groups in total. The van der Waals surface area contributed by atoms with Crippen LogP contribution in [0.1, 0.15) is 80.1 Å². The molecule has 0 rings (SSSR count). The molecule has 0 amide bonds. The molecule has 0 saturated carbocycles. The van der Waals surface area contributed by atoms with Crippen molar-refractivity contribution in [2.75, 3.05) is 0 Å². The highest BCUT2D eigenvalue weighted by Gasteiger charge is 2.37. The third kappa shape index (κ3) is 3.29. The van der Waals surface area contributed by atoms with E-state index in [-0.39, 0.29) is 0 Å². The Morgan fingerprint density at radius 1 is 0.786 bits per heavy atom. The zero-order chi connectivity index (χ0) is 11.2. The average Bonchev–Trinajstić information content (AvgIpc) is 2.13. The van der Waals surface area contributed by atoms with Crippen LogP contribution < -0.4 is 0 Å². The quantitative estimate of drug-likeness (QED) is 0.512. The molecular weight excluding hydrogens is 168 g/mol. The van der Waals surface area contributed by atoms with Crippen molar-refractivity contribution in [3.05, 3.63) is 0 Å². The predicted octanol–water partition coefficient (Wildman–Crippen LogP) is 5.42. The Morgan fingerprint density at radius 2 is 1.36 bits per heavy atom. The first-order valence-corrected chi connectivity index (χ1v) is 6.43. The molecule has 14 heavy (non-hydrogen) atoms. The summed E-state index contributed by atoms with van der Waals surface area (Å²) < 4.78 is 0. The SMILES string of the molecule is CCCCC(C)(CC)C(C)(C)CCC. The monoisotopic (exact) mass is 198 g/mol. The summed E-state index contributed by atoms with van der Waals surface area (Å²) in [5, 5.41) is 0. The van der Waals surface area contributed by atoms with Gasteiger partial charge in [-0.2, -0.15) is 0 Å². The van der Waals surface area contributed by atoms with E-state index in [0.717, 1.165) is 0 Å². The molecule has 0 spiro atoms. The van der Waals surface area contributed by atoms with E-state index in [1.165, 1.54) is 38.5 Å². The highest BCUT2D eigenvalue weighted by atomic mass is 14.4. The maximum Gasteiger partial charge on any atom is -0.0277 e. The van der Waals surface area contributed by atoms with E-state index in [1.807, 2.05) is 0 Å². The van der Waals surface area contributed by atoms with Crippen molar-refractivity contribution in [3.8, 4) is 0 Å². The summed E-state index contributed by atoms with van der Waals surface area (Å²) in [5.41, 5.74) is 1.05. The first kappa shape index (κ1) is 14.0. The van der Waals surface area contributed by atoms with Gasteiger partial charge in [0.05, 0.1) is 0 Å². The minimum atomic E-state index is 0.506. The lowest BCUT2D eigenvalue weighted by Gasteiger charge is -2.44. The zero-order valence-electron chi connectivity index (χ0n) is 11.2. The van der Waals surface area contributed by atoms with Crippen LogP contribution in [0.25, 0.3) is 0 Å². The Bertz CT molecular complexity index is 146. The van der Waals surface area contributed by atoms with Crippen LogP contribution in [0.2, 0.25) is 0 Å². The number of unbranched alkanes of at least 4 members (excludes halogenated alkanes) is 1. The number of rotatable bonds is 7. The Kier molecular flexibility index (Phi) is 5.78. The van der Waals surface area contributed by atoms with Gasteiger partial charge in [0.1, 0.15) is 0 Å². The summed E-state index contributed by atoms with van der Waals surface area (Å²) in [6, 6.07) is 0. The van der Waals surface area contributed by atoms with Gasteiger partial charge in [-0.25, -0.2) is 0 Å². The zero-order valence-corrected chi connectivity index (χ0v) is 11.2. The third-order valence-electron chi connectivity index (χ3n) is 4.37. The normalized spacial score (nSPS) is 16.7. The molecule has 0 fully saturated rings. The van der Waals surface area contributed by atoms with E-state index in [1.54, 1.807) is 0 Å². The predicted molar refractivity (Wildman–Crippen MR) is 66.6 cm³/mol. The maximum atomic E-state index is 2.48. The van der Waals surface area contributed by atoms with E-state index in [2.05, 4.69) is 41.5 Å². The van der Waals surface area contributed by atoms with E-state index >= 15 is 0 Å². The van der Waals surface area contributed by atoms with Crippen LogP contribution in [0, 0.1) is 10.8 Å². The van der Waals surface area contributed by atoms with Crippen LogP contribution in [0.15, 0.2) is 0 Å². The minimum absolute atomic E-state index is 0.506. The van der Waals surface area contributed by atoms with Gasteiger partial charge >= 0.3 is 0 Å². The van der Waals surface area contributed by atoms with Crippen LogP contribution >= 0.6 is 0 Å². The number of hydrogen-bond acceptors (Lipinski definition) is 0. The van der Waals surface area contributed by atoms with Crippen molar-refractivity contribution >= 4 is 0 Å². The molecule has 0 aliphatic rings. The summed E-state index contributed by atoms with van der Waals surface area (Å²) >= 11 is 0. The highest BCUT2D eigenvalue weighted by molar-refractivity contribution is 4.88. The fourth-order valence-corrected chi connectivity index (χ4v) is 2.49. The van der Waals surface area contributed by atoms with Gasteiger partial charge in [-0.3, -0.25) is 0 Å². The van der Waals surface area contributed by atoms with Crippen LogP contribution in [-0.4, -0.2) is 0 Å². The van der Waals surface area contributed by atoms with Crippen molar-refractivity contribution in [2.45, 2.75) is 80.1 Å². The van der Waals surface area contributed by atoms with Crippen LogP contribution in [0.5, 0.6) is 0 Å². The molecular formula is C14H30. The van der Waals surface area contributed by atoms with Gasteiger partial charge in [0.2, 0.25) is 0 Å². The Labute approximate surface area is 91.5 Å². The summed E-state index contributed by atoms with van der Waals surface area (Å²) in [6.45, 7) is 14.3. The molecule has 0 aromatic rings. The second-order valence-electron chi connectivity index (χ2n) is 5.65. The maximum absolute atomic E-state index is 2.48. The van der Waals surface area contributed by atoms with Gasteiger partial charge in [-0.15, -0.1) is 0 Å². The van der Waals surface area contributed by atoms with Crippen molar-refractivity contribution < 1.29 is 0 Å². The van der Waals surface area contributed by atoms with Crippen LogP contribution in [0.3, 0.4) is 0 Å². The highest BCUT2D eigenvalue weighted by Crippen LogP contribution is 2.48. The molecule has 1 atom stereocenters. The van der Waals surface area contributed by atoms with Gasteiger partial charge in [0.15, 0.2) is 0 Å². The van der Waals surface area contributed by atoms with Crippen molar-refractivity contribution in [3.63, 3.8) is 0 Å². The van der Waals surface area contributed by atoms with Gasteiger partial charge < -0.3 is 0 Å². The molecule has 1 unspecified atom stereocenters. The Morgan fingerprint density at radius 3 is 1.71 bits per heavy atom. The van der Waals surface area contributed by atoms with Gasteiger partial charge in [-0.1, -0.05) is 67.2 Å². The van der Waals surface area contributed by atoms with Gasteiger partial charge in [0, 0.05) is 0 Å². The summed E-state index contributed by atoms with van der Waals surface area (Å²) in [6.07, 6.45) is 8.11. The molecule has 86 valence electrons. The molecule has 0 nitrogen and oxygen atoms in total. The Balaban J connectivity index is 4.47. The van der Waals surface area contributed by atoms with Crippen molar-refractivity contribution in [1.29, 1.82) is 0 Å². The van der Waals surface area contributed by atoms with Gasteiger partial charge in [0.25, 0.3) is 0 Å². The topological polar surface area (TPSA) is 0 Å². The first-order valence-electron chi connectivity index (χ1n) is 6.43. The van der Waals surface area contributed by atoms with Crippen molar-refractivity contribution in [1.82, 2.24) is 0 Å². The molecule has 0 radical (unpaired) electrons. The Hall–Kier alpha value is 0. The molecule has 0 aliphatic heterocycles. The molecule has 0 bridgehead atoms. The lowest BCUT2D eigenvalue weighted by molar-refractivity contribution is 0.0597. The lowest BCUT2D eigenvalue weighted by atomic mass is 9.61. The third-order valence-corrected chi connectivity index (χ3v) is 4.37.